The predicted octanol–water partition coefficient (Wildman–Crippen LogP) is 4.87. The summed E-state index contributed by atoms with van der Waals surface area (Å²) in [4.78, 5) is 6.42. The minimum absolute atomic E-state index is 0.454. The lowest BCUT2D eigenvalue weighted by atomic mass is 9.89. The van der Waals surface area contributed by atoms with Crippen molar-refractivity contribution in [1.29, 1.82) is 0 Å². The van der Waals surface area contributed by atoms with Gasteiger partial charge in [-0.05, 0) is 36.0 Å². The highest BCUT2D eigenvalue weighted by atomic mass is 15.6. The van der Waals surface area contributed by atoms with E-state index in [0.29, 0.717) is 58.5 Å². The summed E-state index contributed by atoms with van der Waals surface area (Å²) >= 11 is 0. The van der Waals surface area contributed by atoms with Crippen molar-refractivity contribution in [3.05, 3.63) is 112 Å². The third kappa shape index (κ3) is 6.59. The van der Waals surface area contributed by atoms with E-state index in [4.69, 9.17) is 17.2 Å². The van der Waals surface area contributed by atoms with Gasteiger partial charge >= 0.3 is 0 Å². The summed E-state index contributed by atoms with van der Waals surface area (Å²) in [6.07, 6.45) is 14.0. The summed E-state index contributed by atoms with van der Waals surface area (Å²) in [5.74, 6) is 0. The maximum absolute atomic E-state index is 7.10. The van der Waals surface area contributed by atoms with E-state index in [2.05, 4.69) is 73.9 Å². The van der Waals surface area contributed by atoms with Crippen molar-refractivity contribution >= 4 is 0 Å². The number of allylic oxidation sites excluding steroid dienone is 3. The molecule has 0 spiro atoms. The first-order chi connectivity index (χ1) is 16.9. The molecule has 0 aromatic carbocycles. The summed E-state index contributed by atoms with van der Waals surface area (Å²) < 4.78 is 0. The number of hydrogen-bond acceptors (Lipinski definition) is 6. The maximum atomic E-state index is 7.10. The molecular formula is C30H48N6. The van der Waals surface area contributed by atoms with E-state index in [1.807, 2.05) is 18.2 Å². The van der Waals surface area contributed by atoms with E-state index < -0.39 is 17.0 Å². The molecule has 1 saturated heterocycles. The van der Waals surface area contributed by atoms with Crippen molar-refractivity contribution in [1.82, 2.24) is 14.7 Å². The highest BCUT2D eigenvalue weighted by molar-refractivity contribution is 5.25. The summed E-state index contributed by atoms with van der Waals surface area (Å²) in [7, 11) is 0. The molecular weight excluding hydrogens is 444 g/mol. The molecule has 0 aromatic rings. The van der Waals surface area contributed by atoms with Gasteiger partial charge < -0.3 is 17.2 Å². The van der Waals surface area contributed by atoms with Gasteiger partial charge in [0, 0.05) is 19.3 Å². The van der Waals surface area contributed by atoms with Gasteiger partial charge in [-0.3, -0.25) is 14.7 Å². The number of nitrogens with zero attached hydrogens (tertiary/aromatic N) is 3. The second kappa shape index (κ2) is 13.7. The Hall–Kier alpha value is -2.58. The molecule has 36 heavy (non-hydrogen) atoms. The van der Waals surface area contributed by atoms with Crippen molar-refractivity contribution in [3.8, 4) is 0 Å². The van der Waals surface area contributed by atoms with E-state index in [-0.39, 0.29) is 0 Å². The Labute approximate surface area is 219 Å². The zero-order valence-electron chi connectivity index (χ0n) is 22.3. The third-order valence-electron chi connectivity index (χ3n) is 7.09. The minimum Gasteiger partial charge on any atom is -0.309 e. The third-order valence-corrected chi connectivity index (χ3v) is 7.09. The minimum atomic E-state index is -0.906. The van der Waals surface area contributed by atoms with Crippen LogP contribution in [0.5, 0.6) is 0 Å². The van der Waals surface area contributed by atoms with E-state index in [1.165, 1.54) is 0 Å². The highest BCUT2D eigenvalue weighted by Gasteiger charge is 2.48. The molecule has 6 N–H and O–H groups in total. The van der Waals surface area contributed by atoms with Gasteiger partial charge in [0.05, 0.1) is 37.0 Å². The van der Waals surface area contributed by atoms with Crippen LogP contribution >= 0.6 is 0 Å². The molecule has 1 rings (SSSR count). The Morgan fingerprint density at radius 3 is 0.889 bits per heavy atom. The van der Waals surface area contributed by atoms with Crippen LogP contribution in [-0.4, -0.2) is 51.7 Å². The van der Waals surface area contributed by atoms with Gasteiger partial charge in [-0.1, -0.05) is 56.2 Å². The van der Waals surface area contributed by atoms with Gasteiger partial charge in [0.15, 0.2) is 0 Å². The second-order valence-electron chi connectivity index (χ2n) is 9.58. The first-order valence-corrected chi connectivity index (χ1v) is 12.3. The Morgan fingerprint density at radius 1 is 0.500 bits per heavy atom. The van der Waals surface area contributed by atoms with Crippen LogP contribution in [0.1, 0.15) is 38.5 Å². The molecule has 6 heteroatoms. The fourth-order valence-corrected chi connectivity index (χ4v) is 4.71. The molecule has 198 valence electrons. The number of hydrogen-bond donors (Lipinski definition) is 3. The van der Waals surface area contributed by atoms with Crippen molar-refractivity contribution in [2.45, 2.75) is 55.5 Å². The first kappa shape index (κ1) is 31.4. The zero-order chi connectivity index (χ0) is 27.6. The smallest absolute Gasteiger partial charge is 0.0965 e. The molecule has 1 aliphatic heterocycles. The molecule has 3 unspecified atom stereocenters. The van der Waals surface area contributed by atoms with Gasteiger partial charge in [0.25, 0.3) is 0 Å². The Kier molecular flexibility index (Phi) is 11.9. The quantitative estimate of drug-likeness (QED) is 0.237. The standard InChI is InChI=1S/C30H48N6/c1-10-16-25(7)28(31,19-13-4)34-22-35(29(32,20-14-5)26(8)17-11-2)24-36(23-34)30(33,21-15-6)27(9)18-12-3/h10-15H,1-9,16-24,31-33H2. The molecule has 3 atom stereocenters. The van der Waals surface area contributed by atoms with Crippen LogP contribution in [-0.2, 0) is 0 Å². The van der Waals surface area contributed by atoms with Crippen LogP contribution in [0.15, 0.2) is 112 Å². The SMILES string of the molecule is C=CCC(=C)C(N)(CC=C)N1CN(C(N)(CC=C)C(=C)CC=C)CN(C(N)(CC=C)C(=C)CC=C)C1. The lowest BCUT2D eigenvalue weighted by molar-refractivity contribution is -0.133. The molecule has 6 nitrogen and oxygen atoms in total. The van der Waals surface area contributed by atoms with Gasteiger partial charge in [-0.15, -0.1) is 39.5 Å². The molecule has 1 aliphatic rings. The molecule has 0 bridgehead atoms. The highest BCUT2D eigenvalue weighted by Crippen LogP contribution is 2.36. The van der Waals surface area contributed by atoms with E-state index >= 15 is 0 Å². The number of nitrogens with two attached hydrogens (primary N) is 3. The Morgan fingerprint density at radius 2 is 0.722 bits per heavy atom. The predicted molar refractivity (Wildman–Crippen MR) is 157 cm³/mol. The van der Waals surface area contributed by atoms with Crippen molar-refractivity contribution in [2.75, 3.05) is 20.0 Å². The molecule has 0 amide bonds. The second-order valence-corrected chi connectivity index (χ2v) is 9.58. The van der Waals surface area contributed by atoms with Gasteiger partial charge in [-0.2, -0.15) is 0 Å². The summed E-state index contributed by atoms with van der Waals surface area (Å²) in [6, 6.07) is 0. The maximum Gasteiger partial charge on any atom is 0.0965 e. The van der Waals surface area contributed by atoms with Crippen LogP contribution in [0.2, 0.25) is 0 Å². The summed E-state index contributed by atoms with van der Waals surface area (Å²) in [6.45, 7) is 37.8. The van der Waals surface area contributed by atoms with Crippen LogP contribution < -0.4 is 17.2 Å². The van der Waals surface area contributed by atoms with Gasteiger partial charge in [0.1, 0.15) is 0 Å². The summed E-state index contributed by atoms with van der Waals surface area (Å²) in [5.41, 5.74) is 21.0. The largest absolute Gasteiger partial charge is 0.309 e. The molecule has 0 aromatic heterocycles. The van der Waals surface area contributed by atoms with E-state index in [1.54, 1.807) is 18.2 Å². The van der Waals surface area contributed by atoms with Crippen LogP contribution in [0.25, 0.3) is 0 Å². The van der Waals surface area contributed by atoms with Crippen molar-refractivity contribution in [3.63, 3.8) is 0 Å². The number of rotatable bonds is 18. The lowest BCUT2D eigenvalue weighted by Crippen LogP contribution is -2.75. The van der Waals surface area contributed by atoms with Crippen LogP contribution in [0.4, 0.5) is 0 Å². The fraction of sp³-hybridized carbons (Fsp3) is 0.400. The fourth-order valence-electron chi connectivity index (χ4n) is 4.71. The molecule has 0 aliphatic carbocycles. The van der Waals surface area contributed by atoms with Gasteiger partial charge in [-0.25, -0.2) is 0 Å². The summed E-state index contributed by atoms with van der Waals surface area (Å²) in [5, 5.41) is 0. The van der Waals surface area contributed by atoms with Crippen molar-refractivity contribution in [2.24, 2.45) is 17.2 Å². The molecule has 0 saturated carbocycles. The lowest BCUT2D eigenvalue weighted by Gasteiger charge is -2.58. The van der Waals surface area contributed by atoms with E-state index in [9.17, 15) is 0 Å². The van der Waals surface area contributed by atoms with Crippen molar-refractivity contribution < 1.29 is 0 Å². The monoisotopic (exact) mass is 492 g/mol. The van der Waals surface area contributed by atoms with Crippen LogP contribution in [0, 0.1) is 0 Å². The Balaban J connectivity index is 3.76. The molecule has 1 heterocycles. The first-order valence-electron chi connectivity index (χ1n) is 12.3. The average molecular weight is 493 g/mol. The topological polar surface area (TPSA) is 87.8 Å². The van der Waals surface area contributed by atoms with Crippen LogP contribution in [0.3, 0.4) is 0 Å². The normalized spacial score (nSPS) is 20.1. The average Bonchev–Trinajstić information content (AvgIpc) is 2.84. The van der Waals surface area contributed by atoms with Gasteiger partial charge in [0.2, 0.25) is 0 Å². The zero-order valence-corrected chi connectivity index (χ0v) is 22.3. The molecule has 1 fully saturated rings. The molecule has 0 radical (unpaired) electrons. The van der Waals surface area contributed by atoms with E-state index in [0.717, 1.165) is 16.7 Å². The Bertz CT molecular complexity index is 768.